The summed E-state index contributed by atoms with van der Waals surface area (Å²) in [6.45, 7) is 8.02. The van der Waals surface area contributed by atoms with Crippen molar-refractivity contribution in [1.29, 1.82) is 0 Å². The number of alkyl carbamates (subject to hydrolysis) is 1. The Kier molecular flexibility index (Phi) is 5.82. The van der Waals surface area contributed by atoms with Crippen molar-refractivity contribution < 1.29 is 19.1 Å². The Morgan fingerprint density at radius 2 is 1.74 bits per heavy atom. The van der Waals surface area contributed by atoms with E-state index in [4.69, 9.17) is 9.47 Å². The van der Waals surface area contributed by atoms with Crippen LogP contribution >= 0.6 is 0 Å². The highest BCUT2D eigenvalue weighted by atomic mass is 16.6. The van der Waals surface area contributed by atoms with Gasteiger partial charge in [-0.25, -0.2) is 4.79 Å². The van der Waals surface area contributed by atoms with Gasteiger partial charge >= 0.3 is 12.1 Å². The van der Waals surface area contributed by atoms with Gasteiger partial charge in [-0.3, -0.25) is 4.79 Å². The Balaban J connectivity index is 1.40. The van der Waals surface area contributed by atoms with Gasteiger partial charge in [0.05, 0.1) is 5.92 Å². The van der Waals surface area contributed by atoms with Crippen molar-refractivity contribution in [3.63, 3.8) is 0 Å². The molecule has 0 aromatic heterocycles. The van der Waals surface area contributed by atoms with Gasteiger partial charge in [-0.15, -0.1) is 0 Å². The molecule has 31 heavy (non-hydrogen) atoms. The van der Waals surface area contributed by atoms with E-state index in [0.717, 1.165) is 44.1 Å². The molecule has 4 saturated carbocycles. The quantitative estimate of drug-likeness (QED) is 0.599. The van der Waals surface area contributed by atoms with E-state index < -0.39 is 5.60 Å². The van der Waals surface area contributed by atoms with E-state index in [1.165, 1.54) is 6.42 Å². The van der Waals surface area contributed by atoms with Gasteiger partial charge in [0.2, 0.25) is 0 Å². The lowest BCUT2D eigenvalue weighted by atomic mass is 9.45. The monoisotopic (exact) mass is 427 g/mol. The molecule has 3 atom stereocenters. The van der Waals surface area contributed by atoms with Crippen LogP contribution in [0, 0.1) is 23.2 Å². The normalized spacial score (nSPS) is 32.4. The summed E-state index contributed by atoms with van der Waals surface area (Å²) in [4.78, 5) is 25.3. The zero-order chi connectivity index (χ0) is 22.3. The standard InChI is InChI=1S/C26H37NO4/c1-18(22(28)30-16-19-8-6-5-7-9-19)11-25-12-20-10-21(13-25)15-26(14-20,17-25)27-23(29)31-24(2,3)4/h5-9,18,20-21H,10-17H2,1-4H3,(H,27,29). The molecule has 4 aliphatic rings. The first-order valence-corrected chi connectivity index (χ1v) is 11.8. The van der Waals surface area contributed by atoms with Crippen LogP contribution in [0.25, 0.3) is 0 Å². The maximum atomic E-state index is 12.7. The molecule has 4 aliphatic carbocycles. The van der Waals surface area contributed by atoms with Gasteiger partial charge < -0.3 is 14.8 Å². The van der Waals surface area contributed by atoms with E-state index in [0.29, 0.717) is 18.4 Å². The van der Waals surface area contributed by atoms with Crippen LogP contribution in [0.5, 0.6) is 0 Å². The molecule has 0 radical (unpaired) electrons. The molecule has 5 heteroatoms. The number of amides is 1. The molecule has 1 aromatic carbocycles. The summed E-state index contributed by atoms with van der Waals surface area (Å²) >= 11 is 0. The molecule has 1 aromatic rings. The van der Waals surface area contributed by atoms with Gasteiger partial charge in [-0.2, -0.15) is 0 Å². The Morgan fingerprint density at radius 3 is 2.35 bits per heavy atom. The zero-order valence-corrected chi connectivity index (χ0v) is 19.4. The fourth-order valence-corrected chi connectivity index (χ4v) is 6.96. The molecule has 0 aliphatic heterocycles. The van der Waals surface area contributed by atoms with Crippen LogP contribution in [0.3, 0.4) is 0 Å². The summed E-state index contributed by atoms with van der Waals surface area (Å²) in [7, 11) is 0. The molecule has 4 fully saturated rings. The first-order chi connectivity index (χ1) is 14.6. The molecule has 0 saturated heterocycles. The van der Waals surface area contributed by atoms with E-state index in [1.54, 1.807) is 0 Å². The fourth-order valence-electron chi connectivity index (χ4n) is 6.96. The van der Waals surface area contributed by atoms with Crippen LogP contribution in [-0.2, 0) is 20.9 Å². The maximum Gasteiger partial charge on any atom is 0.408 e. The van der Waals surface area contributed by atoms with Gasteiger partial charge in [-0.1, -0.05) is 37.3 Å². The topological polar surface area (TPSA) is 64.6 Å². The van der Waals surface area contributed by atoms with Crippen molar-refractivity contribution >= 4 is 12.1 Å². The fraction of sp³-hybridized carbons (Fsp3) is 0.692. The summed E-state index contributed by atoms with van der Waals surface area (Å²) in [5.41, 5.74) is 0.448. The molecule has 5 rings (SSSR count). The first-order valence-electron chi connectivity index (χ1n) is 11.8. The van der Waals surface area contributed by atoms with Crippen LogP contribution in [0.1, 0.15) is 78.2 Å². The third-order valence-corrected chi connectivity index (χ3v) is 7.31. The van der Waals surface area contributed by atoms with Crippen LogP contribution in [0.2, 0.25) is 0 Å². The number of ether oxygens (including phenoxy) is 2. The number of rotatable bonds is 6. The Labute approximate surface area is 186 Å². The molecule has 4 bridgehead atoms. The van der Waals surface area contributed by atoms with E-state index >= 15 is 0 Å². The molecule has 1 N–H and O–H groups in total. The third-order valence-electron chi connectivity index (χ3n) is 7.31. The van der Waals surface area contributed by atoms with Crippen molar-refractivity contribution in [2.24, 2.45) is 23.2 Å². The van der Waals surface area contributed by atoms with Crippen molar-refractivity contribution in [3.05, 3.63) is 35.9 Å². The van der Waals surface area contributed by atoms with E-state index in [-0.39, 0.29) is 28.9 Å². The molecule has 0 spiro atoms. The Hall–Kier alpha value is -2.04. The number of esters is 1. The highest BCUT2D eigenvalue weighted by Gasteiger charge is 2.58. The SMILES string of the molecule is CC(CC12CC3CC(C1)CC(NC(=O)OC(C)(C)C)(C3)C2)C(=O)OCc1ccccc1. The predicted molar refractivity (Wildman–Crippen MR) is 119 cm³/mol. The van der Waals surface area contributed by atoms with Gasteiger partial charge in [0.1, 0.15) is 12.2 Å². The summed E-state index contributed by atoms with van der Waals surface area (Å²) in [5.74, 6) is 1.000. The second-order valence-electron chi connectivity index (χ2n) is 11.6. The highest BCUT2D eigenvalue weighted by Crippen LogP contribution is 2.63. The molecule has 5 nitrogen and oxygen atoms in total. The van der Waals surface area contributed by atoms with Gasteiger partial charge in [0.25, 0.3) is 0 Å². The Morgan fingerprint density at radius 1 is 1.10 bits per heavy atom. The highest BCUT2D eigenvalue weighted by molar-refractivity contribution is 5.72. The predicted octanol–water partition coefficient (Wildman–Crippen LogP) is 5.62. The molecular weight excluding hydrogens is 390 g/mol. The van der Waals surface area contributed by atoms with Gasteiger partial charge in [0.15, 0.2) is 0 Å². The molecule has 3 unspecified atom stereocenters. The largest absolute Gasteiger partial charge is 0.461 e. The van der Waals surface area contributed by atoms with E-state index in [2.05, 4.69) is 5.32 Å². The average molecular weight is 428 g/mol. The lowest BCUT2D eigenvalue weighted by Crippen LogP contribution is -2.63. The number of carbonyl (C=O) groups is 2. The smallest absolute Gasteiger partial charge is 0.408 e. The number of hydrogen-bond donors (Lipinski definition) is 1. The van der Waals surface area contributed by atoms with Crippen LogP contribution in [-0.4, -0.2) is 23.2 Å². The van der Waals surface area contributed by atoms with Crippen LogP contribution in [0.15, 0.2) is 30.3 Å². The van der Waals surface area contributed by atoms with Crippen LogP contribution < -0.4 is 5.32 Å². The van der Waals surface area contributed by atoms with Crippen molar-refractivity contribution in [3.8, 4) is 0 Å². The van der Waals surface area contributed by atoms with Crippen molar-refractivity contribution in [2.75, 3.05) is 0 Å². The number of benzene rings is 1. The maximum absolute atomic E-state index is 12.7. The second kappa shape index (κ2) is 8.14. The minimum Gasteiger partial charge on any atom is -0.461 e. The lowest BCUT2D eigenvalue weighted by Gasteiger charge is -2.62. The summed E-state index contributed by atoms with van der Waals surface area (Å²) in [5, 5.41) is 3.28. The number of nitrogens with one attached hydrogen (secondary N) is 1. The summed E-state index contributed by atoms with van der Waals surface area (Å²) < 4.78 is 11.2. The third kappa shape index (κ3) is 5.24. The summed E-state index contributed by atoms with van der Waals surface area (Å²) in [6, 6.07) is 9.83. The molecule has 170 valence electrons. The Bertz CT molecular complexity index is 798. The lowest BCUT2D eigenvalue weighted by molar-refractivity contribution is -0.153. The van der Waals surface area contributed by atoms with E-state index in [9.17, 15) is 9.59 Å². The van der Waals surface area contributed by atoms with Crippen molar-refractivity contribution in [1.82, 2.24) is 5.32 Å². The number of hydrogen-bond acceptors (Lipinski definition) is 4. The van der Waals surface area contributed by atoms with Gasteiger partial charge in [-0.05, 0) is 88.5 Å². The first kappa shape index (κ1) is 22.2. The second-order valence-corrected chi connectivity index (χ2v) is 11.6. The van der Waals surface area contributed by atoms with Crippen LogP contribution in [0.4, 0.5) is 4.79 Å². The molecule has 1 amide bonds. The zero-order valence-electron chi connectivity index (χ0n) is 19.4. The van der Waals surface area contributed by atoms with Gasteiger partial charge in [0, 0.05) is 5.54 Å². The minimum atomic E-state index is -0.499. The summed E-state index contributed by atoms with van der Waals surface area (Å²) in [6.07, 6.45) is 7.14. The molecule has 0 heterocycles. The van der Waals surface area contributed by atoms with E-state index in [1.807, 2.05) is 58.0 Å². The molecular formula is C26H37NO4. The average Bonchev–Trinajstić information content (AvgIpc) is 2.63. The minimum absolute atomic E-state index is 0.115. The van der Waals surface area contributed by atoms with Crippen molar-refractivity contribution in [2.45, 2.75) is 90.4 Å². The number of carbonyl (C=O) groups excluding carboxylic acids is 2.